The molecule has 0 spiro atoms. The largest absolute Gasteiger partial charge is 0.461 e. The summed E-state index contributed by atoms with van der Waals surface area (Å²) >= 11 is 1.52. The second kappa shape index (κ2) is 9.96. The molecule has 0 amide bonds. The van der Waals surface area contributed by atoms with Crippen LogP contribution in [0, 0.1) is 0 Å². The highest BCUT2D eigenvalue weighted by Crippen LogP contribution is 2.35. The number of ether oxygens (including phenoxy) is 1. The molecular weight excluding hydrogens is 444 g/mol. The summed E-state index contributed by atoms with van der Waals surface area (Å²) in [6, 6.07) is 17.2. The summed E-state index contributed by atoms with van der Waals surface area (Å²) in [7, 11) is 0. The fourth-order valence-corrected chi connectivity index (χ4v) is 5.17. The van der Waals surface area contributed by atoms with Crippen molar-refractivity contribution < 1.29 is 14.6 Å². The molecule has 1 aromatic heterocycles. The summed E-state index contributed by atoms with van der Waals surface area (Å²) in [6.07, 6.45) is 0.135. The van der Waals surface area contributed by atoms with Gasteiger partial charge in [-0.25, -0.2) is 4.98 Å². The van der Waals surface area contributed by atoms with Crippen LogP contribution in [0.3, 0.4) is 0 Å². The summed E-state index contributed by atoms with van der Waals surface area (Å²) in [5.41, 5.74) is 5.59. The third-order valence-corrected chi connectivity index (χ3v) is 7.30. The van der Waals surface area contributed by atoms with E-state index in [1.807, 2.05) is 0 Å². The van der Waals surface area contributed by atoms with Crippen LogP contribution >= 0.6 is 11.8 Å². The van der Waals surface area contributed by atoms with Crippen LogP contribution in [0.25, 0.3) is 22.5 Å². The maximum atomic E-state index is 11.9. The van der Waals surface area contributed by atoms with E-state index in [0.717, 1.165) is 27.7 Å². The van der Waals surface area contributed by atoms with Crippen LogP contribution in [-0.2, 0) is 9.53 Å². The number of hydrogen-bond donors (Lipinski definition) is 2. The summed E-state index contributed by atoms with van der Waals surface area (Å²) in [5.74, 6) is 1.13. The van der Waals surface area contributed by atoms with Gasteiger partial charge in [-0.15, -0.1) is 0 Å². The molecule has 0 aliphatic carbocycles. The number of esters is 1. The first-order valence-electron chi connectivity index (χ1n) is 12.0. The van der Waals surface area contributed by atoms with Gasteiger partial charge in [-0.3, -0.25) is 4.79 Å². The highest BCUT2D eigenvalue weighted by Gasteiger charge is 2.36. The first kappa shape index (κ1) is 24.6. The molecule has 1 aliphatic rings. The minimum atomic E-state index is -1.02. The summed E-state index contributed by atoms with van der Waals surface area (Å²) in [6.45, 7) is 10.5. The highest BCUT2D eigenvalue weighted by molar-refractivity contribution is 7.99. The number of aromatic amines is 1. The Kier molecular flexibility index (Phi) is 7.20. The summed E-state index contributed by atoms with van der Waals surface area (Å²) < 4.78 is 5.46. The normalized spacial score (nSPS) is 20.7. The van der Waals surface area contributed by atoms with Gasteiger partial charge in [0, 0.05) is 23.3 Å². The van der Waals surface area contributed by atoms with Gasteiger partial charge in [0.1, 0.15) is 6.10 Å². The van der Waals surface area contributed by atoms with Crippen LogP contribution in [0.15, 0.2) is 53.7 Å². The molecule has 5 nitrogen and oxygen atoms in total. The second-order valence-corrected chi connectivity index (χ2v) is 11.1. The molecule has 2 atom stereocenters. The number of thioether (sulfide) groups is 1. The number of nitrogens with one attached hydrogen (secondary N) is 1. The van der Waals surface area contributed by atoms with Crippen LogP contribution in [-0.4, -0.2) is 38.5 Å². The SMILES string of the molecule is CC(C)c1ccc(-c2nc(SC[C@@H]3C[C@](C)(O)CC(=O)O3)[nH]c2-c2ccc(C(C)C)cc2)cc1. The third kappa shape index (κ3) is 5.73. The lowest BCUT2D eigenvalue weighted by molar-refractivity contribution is -0.165. The number of carbonyl (C=O) groups is 1. The van der Waals surface area contributed by atoms with Gasteiger partial charge in [-0.05, 0) is 29.9 Å². The molecule has 2 aromatic carbocycles. The maximum Gasteiger partial charge on any atom is 0.309 e. The molecule has 1 fully saturated rings. The fourth-order valence-electron chi connectivity index (χ4n) is 4.31. The van der Waals surface area contributed by atoms with Gasteiger partial charge in [0.15, 0.2) is 5.16 Å². The van der Waals surface area contributed by atoms with Crippen molar-refractivity contribution in [3.63, 3.8) is 0 Å². The van der Waals surface area contributed by atoms with Crippen molar-refractivity contribution in [3.8, 4) is 22.5 Å². The molecule has 34 heavy (non-hydrogen) atoms. The molecule has 0 bridgehead atoms. The minimum Gasteiger partial charge on any atom is -0.461 e. The predicted molar refractivity (Wildman–Crippen MR) is 138 cm³/mol. The van der Waals surface area contributed by atoms with Crippen molar-refractivity contribution in [1.82, 2.24) is 9.97 Å². The standard InChI is InChI=1S/C28H34N2O3S/c1-17(2)19-6-10-21(11-7-19)25-26(22-12-8-20(9-13-22)18(3)4)30-27(29-25)34-16-23-14-28(5,32)15-24(31)33-23/h6-13,17-18,23,32H,14-16H2,1-5H3,(H,29,30)/t23-,28-/m0/s1. The molecule has 2 N–H and O–H groups in total. The van der Waals surface area contributed by atoms with Gasteiger partial charge in [0.25, 0.3) is 0 Å². The van der Waals surface area contributed by atoms with E-state index in [4.69, 9.17) is 9.72 Å². The van der Waals surface area contributed by atoms with Crippen LogP contribution in [0.4, 0.5) is 0 Å². The highest BCUT2D eigenvalue weighted by atomic mass is 32.2. The average molecular weight is 479 g/mol. The van der Waals surface area contributed by atoms with E-state index in [-0.39, 0.29) is 18.5 Å². The Morgan fingerprint density at radius 1 is 1.03 bits per heavy atom. The zero-order chi connectivity index (χ0) is 24.5. The number of aliphatic hydroxyl groups is 1. The Balaban J connectivity index is 1.63. The number of imidazole rings is 1. The smallest absolute Gasteiger partial charge is 0.309 e. The molecule has 180 valence electrons. The van der Waals surface area contributed by atoms with Gasteiger partial charge in [-0.1, -0.05) is 88.0 Å². The predicted octanol–water partition coefficient (Wildman–Crippen LogP) is 6.54. The minimum absolute atomic E-state index is 0.0436. The Labute approximate surface area is 206 Å². The Morgan fingerprint density at radius 3 is 2.12 bits per heavy atom. The Hall–Kier alpha value is -2.57. The first-order valence-corrected chi connectivity index (χ1v) is 12.9. The van der Waals surface area contributed by atoms with Gasteiger partial charge in [0.05, 0.1) is 23.4 Å². The third-order valence-electron chi connectivity index (χ3n) is 6.30. The van der Waals surface area contributed by atoms with Crippen LogP contribution in [0.1, 0.15) is 70.4 Å². The van der Waals surface area contributed by atoms with E-state index in [1.54, 1.807) is 6.92 Å². The Bertz CT molecular complexity index is 1060. The Morgan fingerprint density at radius 2 is 1.59 bits per heavy atom. The molecule has 0 saturated carbocycles. The topological polar surface area (TPSA) is 75.2 Å². The lowest BCUT2D eigenvalue weighted by Crippen LogP contribution is -2.41. The van der Waals surface area contributed by atoms with Gasteiger partial charge in [-0.2, -0.15) is 0 Å². The molecule has 1 saturated heterocycles. The zero-order valence-corrected chi connectivity index (χ0v) is 21.4. The van der Waals surface area contributed by atoms with Crippen molar-refractivity contribution in [1.29, 1.82) is 0 Å². The van der Waals surface area contributed by atoms with Crippen molar-refractivity contribution in [3.05, 3.63) is 59.7 Å². The summed E-state index contributed by atoms with van der Waals surface area (Å²) in [5, 5.41) is 11.1. The number of H-pyrrole nitrogens is 1. The molecule has 0 unspecified atom stereocenters. The number of benzene rings is 2. The lowest BCUT2D eigenvalue weighted by Gasteiger charge is -2.32. The molecule has 6 heteroatoms. The number of rotatable bonds is 7. The van der Waals surface area contributed by atoms with Crippen molar-refractivity contribution in [2.75, 3.05) is 5.75 Å². The zero-order valence-electron chi connectivity index (χ0n) is 20.6. The van der Waals surface area contributed by atoms with E-state index >= 15 is 0 Å². The molecular formula is C28H34N2O3S. The second-order valence-electron chi connectivity index (χ2n) is 10.1. The molecule has 4 rings (SSSR count). The maximum absolute atomic E-state index is 11.9. The number of aromatic nitrogens is 2. The van der Waals surface area contributed by atoms with E-state index in [1.165, 1.54) is 22.9 Å². The molecule has 2 heterocycles. The monoisotopic (exact) mass is 478 g/mol. The summed E-state index contributed by atoms with van der Waals surface area (Å²) in [4.78, 5) is 20.3. The lowest BCUT2D eigenvalue weighted by atomic mass is 9.93. The van der Waals surface area contributed by atoms with Crippen LogP contribution in [0.5, 0.6) is 0 Å². The quantitative estimate of drug-likeness (QED) is 0.298. The van der Waals surface area contributed by atoms with Crippen LogP contribution in [0.2, 0.25) is 0 Å². The van der Waals surface area contributed by atoms with Crippen LogP contribution < -0.4 is 0 Å². The molecule has 0 radical (unpaired) electrons. The van der Waals surface area contributed by atoms with E-state index < -0.39 is 5.60 Å². The van der Waals surface area contributed by atoms with Gasteiger partial charge < -0.3 is 14.8 Å². The van der Waals surface area contributed by atoms with E-state index in [2.05, 4.69) is 81.2 Å². The molecule has 1 aliphatic heterocycles. The van der Waals surface area contributed by atoms with Gasteiger partial charge >= 0.3 is 5.97 Å². The number of carbonyl (C=O) groups excluding carboxylic acids is 1. The van der Waals surface area contributed by atoms with Gasteiger partial charge in [0.2, 0.25) is 0 Å². The number of cyclic esters (lactones) is 1. The van der Waals surface area contributed by atoms with Crippen molar-refractivity contribution >= 4 is 17.7 Å². The van der Waals surface area contributed by atoms with Crippen molar-refractivity contribution in [2.45, 2.75) is 76.2 Å². The molecule has 3 aromatic rings. The van der Waals surface area contributed by atoms with Crippen molar-refractivity contribution in [2.24, 2.45) is 0 Å². The van der Waals surface area contributed by atoms with E-state index in [0.29, 0.717) is 24.0 Å². The first-order chi connectivity index (χ1) is 16.1. The number of nitrogens with zero attached hydrogens (tertiary/aromatic N) is 1. The average Bonchev–Trinajstić information content (AvgIpc) is 3.21. The van der Waals surface area contributed by atoms with E-state index in [9.17, 15) is 9.90 Å². The fraction of sp³-hybridized carbons (Fsp3) is 0.429. The number of hydrogen-bond acceptors (Lipinski definition) is 5.